The van der Waals surface area contributed by atoms with Gasteiger partial charge >= 0.3 is 27.3 Å². The molecule has 2 aliphatic heterocycles. The number of carbonyl (C=O) groups is 3. The second-order valence-electron chi connectivity index (χ2n) is 13.2. The Morgan fingerprint density at radius 2 is 1.71 bits per heavy atom. The molecule has 3 fully saturated rings. The number of benzene rings is 2. The molecule has 0 spiro atoms. The molecule has 2 atom stereocenters. The van der Waals surface area contributed by atoms with Crippen LogP contribution in [0.25, 0.3) is 10.9 Å². The summed E-state index contributed by atoms with van der Waals surface area (Å²) < 4.78 is 51.8. The number of ether oxygens (including phenoxy) is 2. The highest BCUT2D eigenvalue weighted by molar-refractivity contribution is 7.70. The lowest BCUT2D eigenvalue weighted by Gasteiger charge is -2.35. The zero-order chi connectivity index (χ0) is 37.7. The van der Waals surface area contributed by atoms with E-state index in [0.29, 0.717) is 25.0 Å². The largest absolute Gasteiger partial charge is 0.492 e. The van der Waals surface area contributed by atoms with Crippen LogP contribution in [0.2, 0.25) is 0 Å². The number of carboxylic acid groups (broad SMARTS) is 1. The maximum Gasteiger partial charge on any atom is 0.410 e. The summed E-state index contributed by atoms with van der Waals surface area (Å²) in [6.45, 7) is 0.231. The lowest BCUT2D eigenvalue weighted by molar-refractivity contribution is -0.119. The lowest BCUT2D eigenvalue weighted by Crippen LogP contribution is -2.49. The van der Waals surface area contributed by atoms with Gasteiger partial charge in [0.15, 0.2) is 23.6 Å². The highest BCUT2D eigenvalue weighted by Crippen LogP contribution is 2.61. The van der Waals surface area contributed by atoms with E-state index in [0.717, 1.165) is 25.3 Å². The van der Waals surface area contributed by atoms with Crippen LogP contribution in [0, 0.1) is 11.7 Å². The molecule has 52 heavy (non-hydrogen) atoms. The van der Waals surface area contributed by atoms with Crippen LogP contribution in [0.5, 0.6) is 5.75 Å². The molecule has 1 aliphatic carbocycles. The predicted octanol–water partition coefficient (Wildman–Crippen LogP) is 3.08. The van der Waals surface area contributed by atoms with E-state index >= 15 is 4.39 Å². The molecule has 20 heteroatoms. The number of nitrogens with one attached hydrogen (secondary N) is 1. The van der Waals surface area contributed by atoms with Crippen molar-refractivity contribution in [3.05, 3.63) is 63.7 Å². The van der Waals surface area contributed by atoms with Crippen LogP contribution in [-0.4, -0.2) is 96.9 Å². The number of aromatic carboxylic acids is 1. The molecule has 280 valence electrons. The highest BCUT2D eigenvalue weighted by atomic mass is 31.2. The zero-order valence-electron chi connectivity index (χ0n) is 27.8. The van der Waals surface area contributed by atoms with Crippen molar-refractivity contribution in [1.82, 2.24) is 9.47 Å². The van der Waals surface area contributed by atoms with E-state index in [2.05, 4.69) is 5.32 Å². The van der Waals surface area contributed by atoms with E-state index in [4.69, 9.17) is 9.47 Å². The molecule has 6 N–H and O–H groups in total. The van der Waals surface area contributed by atoms with Crippen molar-refractivity contribution in [3.8, 4) is 5.75 Å². The second-order valence-corrected chi connectivity index (χ2v) is 17.2. The molecule has 1 saturated carbocycles. The molecule has 2 amide bonds. The average Bonchev–Trinajstić information content (AvgIpc) is 3.82. The third kappa shape index (κ3) is 7.58. The Hall–Kier alpha value is -4.31. The van der Waals surface area contributed by atoms with Crippen LogP contribution in [0.1, 0.15) is 47.6 Å². The standard InChI is InChI=1S/C32H37FN4O13P2/c1-49-30-27-21(29(39)22(31(40)41)14-37(27)20-8-9-20)12-23(33)28(30)35-13-18-3-2-10-36(24(18)15-35)32(42)50-16-25(38)34-19-6-4-17(5-7-19)11-26(51(43,44)45)52(46,47)48/h4-7,12,14,18,20,24,26H,2-3,8-11,13,15-16H2,1H3,(H,34,38)(H,40,41)(H2,43,44,45)(H2,46,47,48). The Morgan fingerprint density at radius 1 is 1.04 bits per heavy atom. The molecule has 3 aromatic rings. The van der Waals surface area contributed by atoms with E-state index in [9.17, 15) is 53.0 Å². The summed E-state index contributed by atoms with van der Waals surface area (Å²) in [5.41, 5.74) is -0.444. The lowest BCUT2D eigenvalue weighted by atomic mass is 9.92. The van der Waals surface area contributed by atoms with Crippen molar-refractivity contribution in [1.29, 1.82) is 0 Å². The fraction of sp³-hybridized carbons (Fsp3) is 0.438. The van der Waals surface area contributed by atoms with Crippen LogP contribution >= 0.6 is 15.2 Å². The molecule has 0 bridgehead atoms. The molecule has 3 aliphatic rings. The van der Waals surface area contributed by atoms with Gasteiger partial charge < -0.3 is 53.8 Å². The minimum Gasteiger partial charge on any atom is -0.492 e. The van der Waals surface area contributed by atoms with Gasteiger partial charge in [0.05, 0.1) is 24.1 Å². The first-order valence-electron chi connectivity index (χ1n) is 16.3. The van der Waals surface area contributed by atoms with E-state index < -0.39 is 74.4 Å². The van der Waals surface area contributed by atoms with E-state index in [1.165, 1.54) is 42.5 Å². The molecule has 6 rings (SSSR count). The first kappa shape index (κ1) is 37.4. The Kier molecular flexibility index (Phi) is 10.3. The quantitative estimate of drug-likeness (QED) is 0.154. The van der Waals surface area contributed by atoms with Crippen LogP contribution in [0.15, 0.2) is 41.3 Å². The molecule has 0 radical (unpaired) electrons. The topological polar surface area (TPSA) is 245 Å². The second kappa shape index (κ2) is 14.3. The smallest absolute Gasteiger partial charge is 0.410 e. The highest BCUT2D eigenvalue weighted by Gasteiger charge is 2.45. The molecule has 3 heterocycles. The molecule has 2 aromatic carbocycles. The summed E-state index contributed by atoms with van der Waals surface area (Å²) in [5, 5.41) is 9.82. The monoisotopic (exact) mass is 766 g/mol. The molecule has 17 nitrogen and oxygen atoms in total. The van der Waals surface area contributed by atoms with Crippen molar-refractivity contribution in [3.63, 3.8) is 0 Å². The number of hydrogen-bond donors (Lipinski definition) is 6. The van der Waals surface area contributed by atoms with Crippen LogP contribution in [-0.2, 0) is 25.1 Å². The number of rotatable bonds is 11. The van der Waals surface area contributed by atoms with E-state index in [1.807, 2.05) is 0 Å². The summed E-state index contributed by atoms with van der Waals surface area (Å²) in [6, 6.07) is 5.98. The number of nitrogens with zero attached hydrogens (tertiary/aromatic N) is 3. The Bertz CT molecular complexity index is 2060. The number of likely N-dealkylation sites (tertiary alicyclic amines) is 1. The number of pyridine rings is 1. The van der Waals surface area contributed by atoms with Gasteiger partial charge in [0.2, 0.25) is 5.43 Å². The summed E-state index contributed by atoms with van der Waals surface area (Å²) in [5.74, 6) is -2.86. The Labute approximate surface area is 295 Å². The van der Waals surface area contributed by atoms with Gasteiger partial charge in [-0.15, -0.1) is 0 Å². The van der Waals surface area contributed by atoms with Crippen molar-refractivity contribution in [2.75, 3.05) is 43.6 Å². The van der Waals surface area contributed by atoms with Crippen molar-refractivity contribution >= 4 is 55.4 Å². The number of halogens is 1. The van der Waals surface area contributed by atoms with Crippen molar-refractivity contribution < 1.29 is 62.1 Å². The van der Waals surface area contributed by atoms with Gasteiger partial charge in [-0.1, -0.05) is 12.1 Å². The van der Waals surface area contributed by atoms with Gasteiger partial charge in [-0.2, -0.15) is 0 Å². The first-order valence-corrected chi connectivity index (χ1v) is 19.7. The van der Waals surface area contributed by atoms with Crippen molar-refractivity contribution in [2.24, 2.45) is 5.92 Å². The van der Waals surface area contributed by atoms with Crippen LogP contribution in [0.4, 0.5) is 20.6 Å². The van der Waals surface area contributed by atoms with Gasteiger partial charge in [-0.25, -0.2) is 14.0 Å². The average molecular weight is 767 g/mol. The minimum atomic E-state index is -5.12. The first-order chi connectivity index (χ1) is 24.5. The zero-order valence-corrected chi connectivity index (χ0v) is 29.5. The normalized spacial score (nSPS) is 19.1. The number of fused-ring (bicyclic) bond motifs is 2. The minimum absolute atomic E-state index is 0.0693. The van der Waals surface area contributed by atoms with E-state index in [1.54, 1.807) is 9.47 Å². The van der Waals surface area contributed by atoms with Crippen LogP contribution < -0.4 is 20.4 Å². The van der Waals surface area contributed by atoms with Crippen molar-refractivity contribution in [2.45, 2.75) is 49.6 Å². The fourth-order valence-corrected chi connectivity index (χ4v) is 9.55. The molecular formula is C32H37FN4O13P2. The summed E-state index contributed by atoms with van der Waals surface area (Å²) >= 11 is 0. The summed E-state index contributed by atoms with van der Waals surface area (Å²) in [6.07, 6.45) is 2.80. The maximum atomic E-state index is 15.9. The number of anilines is 2. The van der Waals surface area contributed by atoms with Gasteiger partial charge in [0, 0.05) is 37.6 Å². The van der Waals surface area contributed by atoms with Crippen LogP contribution in [0.3, 0.4) is 0 Å². The number of aromatic nitrogens is 1. The third-order valence-electron chi connectivity index (χ3n) is 9.66. The molecule has 2 unspecified atom stereocenters. The predicted molar refractivity (Wildman–Crippen MR) is 183 cm³/mol. The summed E-state index contributed by atoms with van der Waals surface area (Å²) in [4.78, 5) is 91.5. The molecule has 2 saturated heterocycles. The number of carboxylic acids is 1. The van der Waals surface area contributed by atoms with Gasteiger partial charge in [0.25, 0.3) is 5.91 Å². The fourth-order valence-electron chi connectivity index (χ4n) is 7.09. The third-order valence-corrected chi connectivity index (χ3v) is 13.4. The number of hydrogen-bond acceptors (Lipinski definition) is 9. The number of carbonyl (C=O) groups excluding carboxylic acids is 2. The molecular weight excluding hydrogens is 729 g/mol. The van der Waals surface area contributed by atoms with E-state index in [-0.39, 0.29) is 46.6 Å². The number of methoxy groups -OCH3 is 1. The van der Waals surface area contributed by atoms with Gasteiger partial charge in [-0.3, -0.25) is 18.7 Å². The van der Waals surface area contributed by atoms with Gasteiger partial charge in [0.1, 0.15) is 11.3 Å². The summed E-state index contributed by atoms with van der Waals surface area (Å²) in [7, 11) is -8.88. The Morgan fingerprint density at radius 3 is 2.31 bits per heavy atom. The molecule has 1 aromatic heterocycles. The number of amides is 2. The SMILES string of the molecule is COc1c(N2CC3CCCN(C(=O)OCC(=O)Nc4ccc(CC(P(=O)(O)O)P(=O)(O)O)cc4)C3C2)c(F)cc2c(=O)c(C(=O)O)cn(C3CC3)c12. The maximum absolute atomic E-state index is 15.9. The van der Waals surface area contributed by atoms with Gasteiger partial charge in [-0.05, 0) is 61.8 Å². The number of piperidine rings is 1. The Balaban J connectivity index is 1.13.